The monoisotopic (exact) mass is 457 g/mol. The number of likely N-dealkylation sites (N-methyl/N-ethyl adjacent to an activating group) is 1. The maximum atomic E-state index is 14.1. The van der Waals surface area contributed by atoms with Crippen molar-refractivity contribution in [3.63, 3.8) is 0 Å². The third-order valence-electron chi connectivity index (χ3n) is 5.59. The van der Waals surface area contributed by atoms with Gasteiger partial charge in [-0.25, -0.2) is 19.5 Å². The molecule has 3 heterocycles. The topological polar surface area (TPSA) is 114 Å². The molecule has 11 heteroatoms. The number of hydrogen-bond donors (Lipinski definition) is 3. The van der Waals surface area contributed by atoms with Crippen LogP contribution in [0.3, 0.4) is 0 Å². The smallest absolute Gasteiger partial charge is 0.326 e. The molecule has 2 aliphatic rings. The molecule has 9 nitrogen and oxygen atoms in total. The van der Waals surface area contributed by atoms with Gasteiger partial charge in [0, 0.05) is 52.4 Å². The van der Waals surface area contributed by atoms with Crippen LogP contribution in [0.4, 0.5) is 14.5 Å². The highest BCUT2D eigenvalue weighted by Crippen LogP contribution is 2.21. The molecule has 0 spiro atoms. The Balaban J connectivity index is 1.31. The van der Waals surface area contributed by atoms with Crippen molar-refractivity contribution in [1.82, 2.24) is 9.80 Å². The van der Waals surface area contributed by atoms with Crippen LogP contribution < -0.4 is 16.0 Å². The zero-order valence-corrected chi connectivity index (χ0v) is 18.3. The molecule has 0 atom stereocenters. The van der Waals surface area contributed by atoms with E-state index < -0.39 is 11.6 Å². The van der Waals surface area contributed by atoms with Crippen LogP contribution in [0.5, 0.6) is 0 Å². The highest BCUT2D eigenvalue weighted by Gasteiger charge is 2.22. The minimum absolute atomic E-state index is 0.0975. The molecule has 0 radical (unpaired) electrons. The highest BCUT2D eigenvalue weighted by molar-refractivity contribution is 6.02. The van der Waals surface area contributed by atoms with Gasteiger partial charge in [-0.05, 0) is 24.3 Å². The fraction of sp³-hybridized carbons (Fsp3) is 0.318. The maximum absolute atomic E-state index is 14.1. The minimum atomic E-state index is -0.569. The van der Waals surface area contributed by atoms with Gasteiger partial charge < -0.3 is 20.0 Å². The molecule has 0 amide bonds. The number of guanidine groups is 1. The lowest BCUT2D eigenvalue weighted by Crippen LogP contribution is -2.86. The Morgan fingerprint density at radius 3 is 2.76 bits per heavy atom. The van der Waals surface area contributed by atoms with Gasteiger partial charge in [0.1, 0.15) is 17.5 Å². The van der Waals surface area contributed by atoms with Crippen molar-refractivity contribution in [2.75, 3.05) is 51.2 Å². The van der Waals surface area contributed by atoms with Crippen LogP contribution in [-0.2, 0) is 0 Å². The summed E-state index contributed by atoms with van der Waals surface area (Å²) in [5, 5.41) is 9.55. The fourth-order valence-corrected chi connectivity index (χ4v) is 3.74. The lowest BCUT2D eigenvalue weighted by atomic mass is 10.2. The minimum Gasteiger partial charge on any atom is -0.461 e. The van der Waals surface area contributed by atoms with Gasteiger partial charge in [-0.3, -0.25) is 4.90 Å². The Labute approximate surface area is 190 Å². The van der Waals surface area contributed by atoms with Gasteiger partial charge in [-0.15, -0.1) is 0 Å². The molecule has 1 fully saturated rings. The number of aliphatic imine (C=N–C) groups is 2. The van der Waals surface area contributed by atoms with E-state index in [0.717, 1.165) is 25.7 Å². The van der Waals surface area contributed by atoms with Crippen LogP contribution in [0.1, 0.15) is 5.76 Å². The molecule has 2 aliphatic heterocycles. The molecular formula is C22H27F2N8O+. The third-order valence-corrected chi connectivity index (χ3v) is 5.59. The molecule has 174 valence electrons. The Morgan fingerprint density at radius 1 is 1.27 bits per heavy atom. The first-order valence-corrected chi connectivity index (χ1v) is 10.6. The summed E-state index contributed by atoms with van der Waals surface area (Å²) < 4.78 is 32.5. The fourth-order valence-electron chi connectivity index (χ4n) is 3.74. The number of hydrogen-bond acceptors (Lipinski definition) is 6. The van der Waals surface area contributed by atoms with E-state index in [1.165, 1.54) is 18.4 Å². The van der Waals surface area contributed by atoms with Crippen molar-refractivity contribution in [1.29, 1.82) is 5.41 Å². The van der Waals surface area contributed by atoms with Crippen LogP contribution in [0.15, 0.2) is 62.9 Å². The molecule has 2 aromatic rings. The molecule has 4 rings (SSSR count). The van der Waals surface area contributed by atoms with Crippen LogP contribution in [0.2, 0.25) is 0 Å². The number of benzene rings is 1. The predicted octanol–water partition coefficient (Wildman–Crippen LogP) is 0.769. The third kappa shape index (κ3) is 5.62. The van der Waals surface area contributed by atoms with Crippen molar-refractivity contribution in [2.45, 2.75) is 0 Å². The molecular weight excluding hydrogens is 430 g/mol. The van der Waals surface area contributed by atoms with Crippen LogP contribution in [-0.4, -0.2) is 73.7 Å². The lowest BCUT2D eigenvalue weighted by molar-refractivity contribution is -0.488. The summed E-state index contributed by atoms with van der Waals surface area (Å²) in [4.78, 5) is 14.8. The summed E-state index contributed by atoms with van der Waals surface area (Å²) in [6.07, 6.45) is 3.30. The number of nitrogens with one attached hydrogen (secondary N) is 1. The van der Waals surface area contributed by atoms with Gasteiger partial charge >= 0.3 is 5.96 Å². The van der Waals surface area contributed by atoms with Crippen LogP contribution in [0, 0.1) is 17.0 Å². The number of quaternary nitrogens is 1. The van der Waals surface area contributed by atoms with Gasteiger partial charge in [0.25, 0.3) is 0 Å². The van der Waals surface area contributed by atoms with E-state index in [2.05, 4.69) is 14.9 Å². The number of halogens is 2. The van der Waals surface area contributed by atoms with Gasteiger partial charge in [0.05, 0.1) is 18.0 Å². The van der Waals surface area contributed by atoms with Crippen molar-refractivity contribution < 1.29 is 18.5 Å². The standard InChI is InChI=1S/C22H26F2N8O/c1-30(20-14-19(28-22(26)29-20)27-21(25)18-3-2-12-33-18)6-7-31-8-10-32(11-9-31)17-5-4-15(23)13-16(17)24/h2-5,12-14H,6-11H2,1H3,(H4,25,26,27,28,29)/p+1. The first kappa shape index (κ1) is 22.6. The summed E-state index contributed by atoms with van der Waals surface area (Å²) in [5.74, 6) is 0.848. The number of amidine groups is 2. The van der Waals surface area contributed by atoms with Gasteiger partial charge in [-0.1, -0.05) is 0 Å². The SMILES string of the molecule is CN(CCN1CCN(c2ccc(F)cc2F)CC1)C1=NC(=N)[NH2+]C(/N=C(\N)c2ccco2)=C1. The largest absolute Gasteiger partial charge is 0.461 e. The Morgan fingerprint density at radius 2 is 2.06 bits per heavy atom. The second kappa shape index (κ2) is 9.92. The Hall–Kier alpha value is -3.57. The maximum Gasteiger partial charge on any atom is 0.326 e. The van der Waals surface area contributed by atoms with Crippen LogP contribution in [0.25, 0.3) is 0 Å². The molecule has 33 heavy (non-hydrogen) atoms. The number of rotatable bonds is 6. The summed E-state index contributed by atoms with van der Waals surface area (Å²) in [6, 6.07) is 7.15. The zero-order valence-electron chi connectivity index (χ0n) is 18.3. The number of furan rings is 1. The first-order chi connectivity index (χ1) is 15.9. The van der Waals surface area contributed by atoms with E-state index in [0.29, 0.717) is 42.7 Å². The van der Waals surface area contributed by atoms with Crippen LogP contribution >= 0.6 is 0 Å². The summed E-state index contributed by atoms with van der Waals surface area (Å²) >= 11 is 0. The normalized spacial score (nSPS) is 17.7. The number of piperazine rings is 1. The average molecular weight is 458 g/mol. The first-order valence-electron chi connectivity index (χ1n) is 10.6. The zero-order chi connectivity index (χ0) is 23.4. The lowest BCUT2D eigenvalue weighted by Gasteiger charge is -2.37. The number of nitrogens with two attached hydrogens (primary N) is 2. The van der Waals surface area contributed by atoms with E-state index in [1.807, 2.05) is 16.8 Å². The van der Waals surface area contributed by atoms with E-state index in [1.54, 1.807) is 23.5 Å². The summed E-state index contributed by atoms with van der Waals surface area (Å²) in [7, 11) is 1.91. The quantitative estimate of drug-likeness (QED) is 0.438. The van der Waals surface area contributed by atoms with E-state index >= 15 is 0 Å². The molecule has 1 saturated heterocycles. The van der Waals surface area contributed by atoms with Crippen molar-refractivity contribution >= 4 is 23.3 Å². The van der Waals surface area contributed by atoms with Gasteiger partial charge in [0.15, 0.2) is 11.6 Å². The second-order valence-corrected chi connectivity index (χ2v) is 7.89. The number of nitrogens with zero attached hydrogens (tertiary/aromatic N) is 5. The van der Waals surface area contributed by atoms with Gasteiger partial charge in [-0.2, -0.15) is 9.98 Å². The Bertz CT molecular complexity index is 1090. The molecule has 5 N–H and O–H groups in total. The van der Waals surface area contributed by atoms with E-state index in [4.69, 9.17) is 15.6 Å². The molecule has 0 unspecified atom stereocenters. The predicted molar refractivity (Wildman–Crippen MR) is 122 cm³/mol. The molecule has 1 aromatic heterocycles. The Kier molecular flexibility index (Phi) is 6.80. The van der Waals surface area contributed by atoms with Crippen molar-refractivity contribution in [2.24, 2.45) is 15.7 Å². The average Bonchev–Trinajstić information content (AvgIpc) is 3.33. The van der Waals surface area contributed by atoms with Crippen molar-refractivity contribution in [3.05, 3.63) is 65.9 Å². The van der Waals surface area contributed by atoms with E-state index in [9.17, 15) is 8.78 Å². The highest BCUT2D eigenvalue weighted by atomic mass is 19.1. The molecule has 1 aromatic carbocycles. The summed E-state index contributed by atoms with van der Waals surface area (Å²) in [6.45, 7) is 4.35. The number of anilines is 1. The second-order valence-electron chi connectivity index (χ2n) is 7.89. The molecule has 0 bridgehead atoms. The van der Waals surface area contributed by atoms with E-state index in [-0.39, 0.29) is 11.8 Å². The summed E-state index contributed by atoms with van der Waals surface area (Å²) in [5.41, 5.74) is 6.42. The molecule has 0 saturated carbocycles. The van der Waals surface area contributed by atoms with Gasteiger partial charge in [0.2, 0.25) is 5.82 Å². The molecule has 0 aliphatic carbocycles. The van der Waals surface area contributed by atoms with Crippen molar-refractivity contribution in [3.8, 4) is 0 Å².